The summed E-state index contributed by atoms with van der Waals surface area (Å²) in [7, 11) is 0.0266. The molecule has 5 rings (SSSR count). The Kier molecular flexibility index (Phi) is 8.70. The van der Waals surface area contributed by atoms with Gasteiger partial charge in [0.2, 0.25) is 10.0 Å². The normalized spacial score (nSPS) is 16.4. The second kappa shape index (κ2) is 12.1. The molecule has 1 aliphatic rings. The maximum absolute atomic E-state index is 13.8. The van der Waals surface area contributed by atoms with Gasteiger partial charge in [-0.25, -0.2) is 25.9 Å². The molecule has 1 aromatic heterocycles. The highest BCUT2D eigenvalue weighted by atomic mass is 32.2. The van der Waals surface area contributed by atoms with Gasteiger partial charge >= 0.3 is 0 Å². The maximum Gasteiger partial charge on any atom is 0.218 e. The summed E-state index contributed by atoms with van der Waals surface area (Å²) in [6.45, 7) is 1.16. The molecule has 4 aromatic rings. The zero-order valence-electron chi connectivity index (χ0n) is 23.1. The molecule has 1 saturated heterocycles. The summed E-state index contributed by atoms with van der Waals surface area (Å²) in [6.07, 6.45) is 3.42. The average molecular weight is 604 g/mol. The minimum Gasteiger partial charge on any atom is -0.456 e. The fraction of sp³-hybridized carbons (Fsp3) is 0.333. The van der Waals surface area contributed by atoms with E-state index in [9.17, 15) is 21.6 Å². The number of fused-ring (bicyclic) bond motifs is 1. The SMILES string of the molecule is CNCc1c(-c2ccc(F)cc2)oc2cc(N(C)SC)c(C3CCCN(S(=O)(=O)Cc4ccc(F)c(F)c4)C3)cc12. The third-order valence-corrected chi connectivity index (χ3v) is 10.1. The molecule has 0 bridgehead atoms. The number of hydrogen-bond acceptors (Lipinski definition) is 6. The van der Waals surface area contributed by atoms with Crippen molar-refractivity contribution in [2.75, 3.05) is 37.7 Å². The van der Waals surface area contributed by atoms with Crippen LogP contribution >= 0.6 is 11.9 Å². The van der Waals surface area contributed by atoms with Crippen LogP contribution in [-0.2, 0) is 22.3 Å². The standard InChI is InChI=1S/C30H32F3N3O3S2/c1-34-16-25-24-14-23(28(35(2)40-3)15-29(24)39-30(25)20-7-9-22(31)10-8-20)21-5-4-12-36(17-21)41(37,38)18-19-6-11-26(32)27(33)13-19/h6-11,13-15,21,34H,4-5,12,16-18H2,1-3H3. The van der Waals surface area contributed by atoms with Gasteiger partial charge in [0, 0.05) is 55.5 Å². The topological polar surface area (TPSA) is 65.8 Å². The van der Waals surface area contributed by atoms with Crippen molar-refractivity contribution >= 4 is 38.6 Å². The van der Waals surface area contributed by atoms with E-state index in [0.717, 1.165) is 46.3 Å². The van der Waals surface area contributed by atoms with E-state index in [1.54, 1.807) is 12.1 Å². The number of hydrogen-bond donors (Lipinski definition) is 1. The summed E-state index contributed by atoms with van der Waals surface area (Å²) in [5.74, 6) is -2.24. The highest BCUT2D eigenvalue weighted by Crippen LogP contribution is 2.42. The first kappa shape index (κ1) is 29.5. The fourth-order valence-corrected chi connectivity index (χ4v) is 7.42. The van der Waals surface area contributed by atoms with Crippen LogP contribution in [-0.4, -0.2) is 46.2 Å². The largest absolute Gasteiger partial charge is 0.456 e. The molecule has 41 heavy (non-hydrogen) atoms. The average Bonchev–Trinajstić information content (AvgIpc) is 3.31. The van der Waals surface area contributed by atoms with Gasteiger partial charge in [0.1, 0.15) is 17.2 Å². The Morgan fingerprint density at radius 2 is 1.83 bits per heavy atom. The molecule has 1 fully saturated rings. The molecule has 1 atom stereocenters. The molecule has 3 aromatic carbocycles. The van der Waals surface area contributed by atoms with E-state index >= 15 is 0 Å². The quantitative estimate of drug-likeness (QED) is 0.216. The molecule has 1 unspecified atom stereocenters. The minimum absolute atomic E-state index is 0.0934. The number of furan rings is 1. The van der Waals surface area contributed by atoms with Crippen molar-refractivity contribution in [1.29, 1.82) is 0 Å². The Bertz CT molecular complexity index is 1660. The van der Waals surface area contributed by atoms with Gasteiger partial charge in [-0.2, -0.15) is 0 Å². The van der Waals surface area contributed by atoms with Gasteiger partial charge in [0.25, 0.3) is 0 Å². The predicted molar refractivity (Wildman–Crippen MR) is 159 cm³/mol. The van der Waals surface area contributed by atoms with E-state index in [2.05, 4.69) is 11.4 Å². The number of nitrogens with one attached hydrogen (secondary N) is 1. The van der Waals surface area contributed by atoms with Crippen LogP contribution in [0.3, 0.4) is 0 Å². The number of piperidine rings is 1. The van der Waals surface area contributed by atoms with Crippen LogP contribution in [0, 0.1) is 17.5 Å². The lowest BCUT2D eigenvalue weighted by atomic mass is 9.89. The maximum atomic E-state index is 13.8. The molecule has 0 spiro atoms. The van der Waals surface area contributed by atoms with Crippen LogP contribution in [0.4, 0.5) is 18.9 Å². The lowest BCUT2D eigenvalue weighted by Crippen LogP contribution is -2.40. The molecular formula is C30H32F3N3O3S2. The fourth-order valence-electron chi connectivity index (χ4n) is 5.46. The summed E-state index contributed by atoms with van der Waals surface area (Å²) in [5.41, 5.74) is 4.52. The van der Waals surface area contributed by atoms with E-state index in [-0.39, 0.29) is 23.8 Å². The van der Waals surface area contributed by atoms with Crippen molar-refractivity contribution in [1.82, 2.24) is 9.62 Å². The summed E-state index contributed by atoms with van der Waals surface area (Å²) in [5, 5.41) is 4.11. The molecule has 2 heterocycles. The summed E-state index contributed by atoms with van der Waals surface area (Å²) in [6, 6.07) is 13.5. The Labute approximate surface area is 242 Å². The molecule has 1 aliphatic heterocycles. The predicted octanol–water partition coefficient (Wildman–Crippen LogP) is 6.66. The summed E-state index contributed by atoms with van der Waals surface area (Å²) < 4.78 is 77.4. The molecule has 218 valence electrons. The highest BCUT2D eigenvalue weighted by molar-refractivity contribution is 7.99. The lowest BCUT2D eigenvalue weighted by Gasteiger charge is -2.34. The van der Waals surface area contributed by atoms with Crippen molar-refractivity contribution in [2.45, 2.75) is 31.1 Å². The van der Waals surface area contributed by atoms with Gasteiger partial charge in [-0.1, -0.05) is 18.0 Å². The monoisotopic (exact) mass is 603 g/mol. The first-order valence-corrected chi connectivity index (χ1v) is 16.1. The number of nitrogens with zero attached hydrogens (tertiary/aromatic N) is 2. The number of rotatable bonds is 9. The zero-order valence-corrected chi connectivity index (χ0v) is 24.7. The van der Waals surface area contributed by atoms with Crippen molar-refractivity contribution in [2.24, 2.45) is 0 Å². The number of benzene rings is 3. The molecule has 6 nitrogen and oxygen atoms in total. The van der Waals surface area contributed by atoms with Crippen LogP contribution < -0.4 is 9.62 Å². The third kappa shape index (κ3) is 6.13. The molecule has 0 aliphatic carbocycles. The third-order valence-electron chi connectivity index (χ3n) is 7.56. The van der Waals surface area contributed by atoms with Crippen molar-refractivity contribution in [3.8, 4) is 11.3 Å². The Balaban J connectivity index is 1.54. The lowest BCUT2D eigenvalue weighted by molar-refractivity contribution is 0.315. The van der Waals surface area contributed by atoms with E-state index in [1.807, 2.05) is 30.7 Å². The molecule has 11 heteroatoms. The second-order valence-electron chi connectivity index (χ2n) is 10.2. The number of anilines is 1. The molecule has 0 amide bonds. The van der Waals surface area contributed by atoms with Gasteiger partial charge in [-0.05, 0) is 79.4 Å². The Morgan fingerprint density at radius 3 is 2.51 bits per heavy atom. The van der Waals surface area contributed by atoms with Gasteiger partial charge < -0.3 is 14.0 Å². The summed E-state index contributed by atoms with van der Waals surface area (Å²) >= 11 is 1.53. The van der Waals surface area contributed by atoms with Crippen LogP contribution in [0.15, 0.2) is 59.0 Å². The minimum atomic E-state index is -3.77. The molecule has 0 radical (unpaired) electrons. The molecule has 0 saturated carbocycles. The van der Waals surface area contributed by atoms with Gasteiger partial charge in [0.15, 0.2) is 11.6 Å². The smallest absolute Gasteiger partial charge is 0.218 e. The number of sulfonamides is 1. The van der Waals surface area contributed by atoms with Crippen molar-refractivity contribution in [3.05, 3.63) is 88.7 Å². The second-order valence-corrected chi connectivity index (χ2v) is 13.1. The van der Waals surface area contributed by atoms with Gasteiger partial charge in [-0.15, -0.1) is 0 Å². The van der Waals surface area contributed by atoms with Crippen molar-refractivity contribution in [3.63, 3.8) is 0 Å². The van der Waals surface area contributed by atoms with Gasteiger partial charge in [-0.3, -0.25) is 0 Å². The highest BCUT2D eigenvalue weighted by Gasteiger charge is 2.32. The van der Waals surface area contributed by atoms with Crippen molar-refractivity contribution < 1.29 is 26.0 Å². The van der Waals surface area contributed by atoms with Gasteiger partial charge in [0.05, 0.1) is 11.4 Å². The van der Waals surface area contributed by atoms with Crippen LogP contribution in [0.1, 0.15) is 35.4 Å². The van der Waals surface area contributed by atoms with E-state index in [1.165, 1.54) is 34.5 Å². The van der Waals surface area contributed by atoms with E-state index in [0.29, 0.717) is 30.9 Å². The first-order chi connectivity index (χ1) is 19.6. The Hall–Kier alpha value is -2.99. The molecular weight excluding hydrogens is 571 g/mol. The zero-order chi connectivity index (χ0) is 29.3. The Morgan fingerprint density at radius 1 is 1.07 bits per heavy atom. The van der Waals surface area contributed by atoms with E-state index < -0.39 is 27.4 Å². The van der Waals surface area contributed by atoms with E-state index in [4.69, 9.17) is 4.42 Å². The number of halogens is 3. The van der Waals surface area contributed by atoms with Crippen LogP contribution in [0.5, 0.6) is 0 Å². The molecule has 1 N–H and O–H groups in total. The summed E-state index contributed by atoms with van der Waals surface area (Å²) in [4.78, 5) is 0. The first-order valence-electron chi connectivity index (χ1n) is 13.3. The van der Waals surface area contributed by atoms with Crippen LogP contribution in [0.2, 0.25) is 0 Å². The van der Waals surface area contributed by atoms with Crippen LogP contribution in [0.25, 0.3) is 22.3 Å².